The smallest absolute Gasteiger partial charge is 0.262 e. The Morgan fingerprint density at radius 3 is 2.40 bits per heavy atom. The van der Waals surface area contributed by atoms with Gasteiger partial charge in [0.05, 0.1) is 31.0 Å². The van der Waals surface area contributed by atoms with E-state index in [0.29, 0.717) is 22.1 Å². The third kappa shape index (κ3) is 6.11. The molecule has 0 aromatic heterocycles. The minimum absolute atomic E-state index is 0.189. The normalized spacial score (nSPS) is 12.0. The highest BCUT2D eigenvalue weighted by molar-refractivity contribution is 6.36. The fourth-order valence-corrected chi connectivity index (χ4v) is 3.08. The van der Waals surface area contributed by atoms with Gasteiger partial charge in [-0.3, -0.25) is 9.59 Å². The Balaban J connectivity index is 2.09. The molecule has 30 heavy (non-hydrogen) atoms. The zero-order valence-electron chi connectivity index (χ0n) is 17.0. The molecular weight excluding hydrogens is 429 g/mol. The largest absolute Gasteiger partial charge is 0.497 e. The monoisotopic (exact) mass is 451 g/mol. The van der Waals surface area contributed by atoms with E-state index in [4.69, 9.17) is 32.7 Å². The van der Waals surface area contributed by atoms with E-state index < -0.39 is 17.9 Å². The van der Waals surface area contributed by atoms with Crippen LogP contribution in [0, 0.1) is 5.92 Å². The second-order valence-corrected chi connectivity index (χ2v) is 7.51. The topological polar surface area (TPSA) is 89.0 Å². The number of hydrogen-bond donors (Lipinski definition) is 2. The van der Waals surface area contributed by atoms with Gasteiger partial charge in [-0.25, -0.2) is 5.43 Å². The van der Waals surface area contributed by atoms with Crippen molar-refractivity contribution in [2.45, 2.75) is 19.9 Å². The lowest BCUT2D eigenvalue weighted by Gasteiger charge is -2.20. The van der Waals surface area contributed by atoms with E-state index in [9.17, 15) is 9.59 Å². The minimum atomic E-state index is -0.820. The van der Waals surface area contributed by atoms with Gasteiger partial charge in [0.1, 0.15) is 17.5 Å². The lowest BCUT2D eigenvalue weighted by atomic mass is 10.0. The van der Waals surface area contributed by atoms with E-state index in [1.54, 1.807) is 31.4 Å². The summed E-state index contributed by atoms with van der Waals surface area (Å²) in [6, 6.07) is 8.91. The maximum Gasteiger partial charge on any atom is 0.262 e. The Morgan fingerprint density at radius 1 is 1.07 bits per heavy atom. The molecule has 0 fully saturated rings. The summed E-state index contributed by atoms with van der Waals surface area (Å²) in [5.41, 5.74) is 3.33. The van der Waals surface area contributed by atoms with Crippen molar-refractivity contribution in [1.82, 2.24) is 10.7 Å². The average molecular weight is 452 g/mol. The van der Waals surface area contributed by atoms with Crippen LogP contribution in [0.5, 0.6) is 11.5 Å². The van der Waals surface area contributed by atoms with Crippen molar-refractivity contribution in [3.05, 3.63) is 57.6 Å². The number of hydrogen-bond acceptors (Lipinski definition) is 5. The molecule has 160 valence electrons. The lowest BCUT2D eigenvalue weighted by Crippen LogP contribution is -2.48. The molecule has 0 saturated carbocycles. The average Bonchev–Trinajstić information content (AvgIpc) is 2.71. The highest BCUT2D eigenvalue weighted by atomic mass is 35.5. The molecule has 0 aliphatic carbocycles. The Morgan fingerprint density at radius 2 is 1.80 bits per heavy atom. The van der Waals surface area contributed by atoms with E-state index >= 15 is 0 Å². The van der Waals surface area contributed by atoms with Crippen LogP contribution >= 0.6 is 23.2 Å². The summed E-state index contributed by atoms with van der Waals surface area (Å²) >= 11 is 11.9. The molecule has 0 aliphatic heterocycles. The third-order valence-corrected chi connectivity index (χ3v) is 4.78. The molecule has 2 aromatic carbocycles. The number of nitrogens with one attached hydrogen (secondary N) is 2. The fourth-order valence-electron chi connectivity index (χ4n) is 2.59. The van der Waals surface area contributed by atoms with Gasteiger partial charge in [0, 0.05) is 16.7 Å². The van der Waals surface area contributed by atoms with Crippen LogP contribution in [0.3, 0.4) is 0 Å². The van der Waals surface area contributed by atoms with Crippen LogP contribution in [-0.2, 0) is 4.79 Å². The summed E-state index contributed by atoms with van der Waals surface area (Å²) in [5, 5.41) is 7.28. The van der Waals surface area contributed by atoms with Gasteiger partial charge in [0.25, 0.3) is 11.8 Å². The predicted molar refractivity (Wildman–Crippen MR) is 118 cm³/mol. The van der Waals surface area contributed by atoms with Gasteiger partial charge >= 0.3 is 0 Å². The molecule has 2 N–H and O–H groups in total. The molecule has 0 bridgehead atoms. The summed E-state index contributed by atoms with van der Waals surface area (Å²) in [6.07, 6.45) is 1.45. The van der Waals surface area contributed by atoms with Crippen molar-refractivity contribution in [2.24, 2.45) is 11.0 Å². The van der Waals surface area contributed by atoms with Crippen molar-refractivity contribution in [3.8, 4) is 11.5 Å². The van der Waals surface area contributed by atoms with Gasteiger partial charge in [-0.2, -0.15) is 5.10 Å². The number of rotatable bonds is 8. The Kier molecular flexibility index (Phi) is 8.50. The van der Waals surface area contributed by atoms with Crippen molar-refractivity contribution in [3.63, 3.8) is 0 Å². The van der Waals surface area contributed by atoms with Crippen LogP contribution in [0.1, 0.15) is 29.8 Å². The van der Waals surface area contributed by atoms with E-state index in [1.807, 2.05) is 13.8 Å². The van der Waals surface area contributed by atoms with Gasteiger partial charge in [-0.15, -0.1) is 0 Å². The molecule has 0 spiro atoms. The molecule has 2 amide bonds. The van der Waals surface area contributed by atoms with Crippen LogP contribution in [0.2, 0.25) is 10.0 Å². The quantitative estimate of drug-likeness (QED) is 0.470. The zero-order chi connectivity index (χ0) is 22.3. The molecule has 2 rings (SSSR count). The number of nitrogens with zero attached hydrogens (tertiary/aromatic N) is 1. The summed E-state index contributed by atoms with van der Waals surface area (Å²) in [7, 11) is 3.08. The standard InChI is InChI=1S/C21H23Cl2N3O4/c1-12(2)19(25-20(27)16-8-6-14(22)9-17(16)23)21(28)26-24-11-13-5-7-15(29-3)10-18(13)30-4/h5-12,19H,1-4H3,(H,25,27)(H,26,28)/b24-11+. The summed E-state index contributed by atoms with van der Waals surface area (Å²) in [4.78, 5) is 25.1. The summed E-state index contributed by atoms with van der Waals surface area (Å²) < 4.78 is 10.4. The lowest BCUT2D eigenvalue weighted by molar-refractivity contribution is -0.123. The molecule has 1 atom stereocenters. The van der Waals surface area contributed by atoms with Crippen LogP contribution in [0.25, 0.3) is 0 Å². The number of carbonyl (C=O) groups excluding carboxylic acids is 2. The number of amides is 2. The summed E-state index contributed by atoms with van der Waals surface area (Å²) in [5.74, 6) is 0.0409. The number of methoxy groups -OCH3 is 2. The van der Waals surface area contributed by atoms with Gasteiger partial charge in [0.2, 0.25) is 0 Å². The molecule has 0 aliphatic rings. The van der Waals surface area contributed by atoms with Crippen LogP contribution in [0.15, 0.2) is 41.5 Å². The fraction of sp³-hybridized carbons (Fsp3) is 0.286. The van der Waals surface area contributed by atoms with E-state index in [1.165, 1.54) is 25.5 Å². The predicted octanol–water partition coefficient (Wildman–Crippen LogP) is 3.92. The minimum Gasteiger partial charge on any atom is -0.497 e. The number of ether oxygens (including phenoxy) is 2. The second-order valence-electron chi connectivity index (χ2n) is 6.66. The number of halogens is 2. The van der Waals surface area contributed by atoms with Crippen molar-refractivity contribution < 1.29 is 19.1 Å². The first-order valence-corrected chi connectivity index (χ1v) is 9.83. The maximum atomic E-state index is 12.6. The molecule has 0 radical (unpaired) electrons. The molecular formula is C21H23Cl2N3O4. The second kappa shape index (κ2) is 10.8. The number of carbonyl (C=O) groups is 2. The first-order valence-electron chi connectivity index (χ1n) is 9.07. The highest BCUT2D eigenvalue weighted by Crippen LogP contribution is 2.23. The van der Waals surface area contributed by atoms with Gasteiger partial charge < -0.3 is 14.8 Å². The first kappa shape index (κ1) is 23.5. The van der Waals surface area contributed by atoms with Crippen molar-refractivity contribution >= 4 is 41.2 Å². The molecule has 1 unspecified atom stereocenters. The Hall–Kier alpha value is -2.77. The van der Waals surface area contributed by atoms with E-state index in [0.717, 1.165) is 0 Å². The van der Waals surface area contributed by atoms with Gasteiger partial charge in [0.15, 0.2) is 0 Å². The molecule has 0 heterocycles. The van der Waals surface area contributed by atoms with Crippen LogP contribution in [-0.4, -0.2) is 38.3 Å². The zero-order valence-corrected chi connectivity index (χ0v) is 18.5. The molecule has 0 saturated heterocycles. The molecule has 7 nitrogen and oxygen atoms in total. The highest BCUT2D eigenvalue weighted by Gasteiger charge is 2.25. The van der Waals surface area contributed by atoms with Crippen molar-refractivity contribution in [1.29, 1.82) is 0 Å². The SMILES string of the molecule is COc1ccc(/C=N/NC(=O)C(NC(=O)c2ccc(Cl)cc2Cl)C(C)C)c(OC)c1. The van der Waals surface area contributed by atoms with Crippen molar-refractivity contribution in [2.75, 3.05) is 14.2 Å². The molecule has 9 heteroatoms. The number of hydrazone groups is 1. The maximum absolute atomic E-state index is 12.6. The van der Waals surface area contributed by atoms with Gasteiger partial charge in [-0.05, 0) is 36.2 Å². The van der Waals surface area contributed by atoms with Crippen LogP contribution in [0.4, 0.5) is 0 Å². The van der Waals surface area contributed by atoms with Crippen LogP contribution < -0.4 is 20.2 Å². The van der Waals surface area contributed by atoms with E-state index in [2.05, 4.69) is 15.8 Å². The van der Waals surface area contributed by atoms with Gasteiger partial charge in [-0.1, -0.05) is 37.0 Å². The summed E-state index contributed by atoms with van der Waals surface area (Å²) in [6.45, 7) is 3.62. The number of benzene rings is 2. The Bertz CT molecular complexity index is 948. The van der Waals surface area contributed by atoms with E-state index in [-0.39, 0.29) is 16.5 Å². The third-order valence-electron chi connectivity index (χ3n) is 4.23. The Labute approximate surface area is 185 Å². The first-order chi connectivity index (χ1) is 14.3. The molecule has 2 aromatic rings.